The number of thioether (sulfide) groups is 1. The standard InChI is InChI=1S/C21H21N3O3S/c1-2-11-27-17-9-8-16(18(25)12-17)13-23-24-20(26)14-28-19-7-3-5-15-6-4-10-22-21(15)19/h3-10,12-13,25H,2,11,14H2,1H3,(H,24,26)/b23-13+. The molecular formula is C21H21N3O3S. The Labute approximate surface area is 167 Å². The van der Waals surface area contributed by atoms with Crippen molar-refractivity contribution in [2.75, 3.05) is 12.4 Å². The minimum atomic E-state index is -0.239. The molecule has 2 N–H and O–H groups in total. The number of hydrogen-bond donors (Lipinski definition) is 2. The molecule has 28 heavy (non-hydrogen) atoms. The summed E-state index contributed by atoms with van der Waals surface area (Å²) >= 11 is 1.40. The molecule has 2 aromatic carbocycles. The maximum atomic E-state index is 12.1. The first-order valence-electron chi connectivity index (χ1n) is 8.91. The summed E-state index contributed by atoms with van der Waals surface area (Å²) in [5, 5.41) is 15.0. The molecule has 0 spiro atoms. The topological polar surface area (TPSA) is 83.8 Å². The first kappa shape index (κ1) is 19.7. The van der Waals surface area contributed by atoms with Crippen molar-refractivity contribution in [3.63, 3.8) is 0 Å². The number of fused-ring (bicyclic) bond motifs is 1. The van der Waals surface area contributed by atoms with Crippen molar-refractivity contribution in [1.29, 1.82) is 0 Å². The van der Waals surface area contributed by atoms with Crippen molar-refractivity contribution < 1.29 is 14.6 Å². The van der Waals surface area contributed by atoms with Gasteiger partial charge in [0.1, 0.15) is 11.5 Å². The lowest BCUT2D eigenvalue weighted by molar-refractivity contribution is -0.118. The maximum Gasteiger partial charge on any atom is 0.250 e. The third kappa shape index (κ3) is 5.23. The highest BCUT2D eigenvalue weighted by atomic mass is 32.2. The lowest BCUT2D eigenvalue weighted by atomic mass is 10.2. The van der Waals surface area contributed by atoms with Gasteiger partial charge in [-0.05, 0) is 30.7 Å². The highest BCUT2D eigenvalue weighted by molar-refractivity contribution is 8.00. The molecule has 0 unspecified atom stereocenters. The normalized spacial score (nSPS) is 11.0. The highest BCUT2D eigenvalue weighted by Gasteiger charge is 2.06. The van der Waals surface area contributed by atoms with E-state index in [4.69, 9.17) is 4.74 Å². The summed E-state index contributed by atoms with van der Waals surface area (Å²) in [6, 6.07) is 14.7. The predicted octanol–water partition coefficient (Wildman–Crippen LogP) is 3.97. The Balaban J connectivity index is 1.54. The van der Waals surface area contributed by atoms with Gasteiger partial charge in [-0.3, -0.25) is 9.78 Å². The van der Waals surface area contributed by atoms with Crippen LogP contribution in [0.3, 0.4) is 0 Å². The number of carbonyl (C=O) groups is 1. The van der Waals surface area contributed by atoms with Gasteiger partial charge in [0.2, 0.25) is 5.91 Å². The van der Waals surface area contributed by atoms with Gasteiger partial charge in [0, 0.05) is 28.1 Å². The van der Waals surface area contributed by atoms with Gasteiger partial charge in [-0.1, -0.05) is 25.1 Å². The van der Waals surface area contributed by atoms with Crippen LogP contribution >= 0.6 is 11.8 Å². The molecule has 0 atom stereocenters. The van der Waals surface area contributed by atoms with Crippen LogP contribution < -0.4 is 10.2 Å². The van der Waals surface area contributed by atoms with E-state index in [2.05, 4.69) is 15.5 Å². The lowest BCUT2D eigenvalue weighted by Gasteiger charge is -2.06. The van der Waals surface area contributed by atoms with Crippen molar-refractivity contribution in [3.8, 4) is 11.5 Å². The number of hydrazone groups is 1. The van der Waals surface area contributed by atoms with Gasteiger partial charge in [-0.2, -0.15) is 5.10 Å². The molecule has 0 aliphatic rings. The number of amides is 1. The summed E-state index contributed by atoms with van der Waals surface area (Å²) in [5.41, 5.74) is 3.84. The van der Waals surface area contributed by atoms with E-state index in [1.54, 1.807) is 18.3 Å². The van der Waals surface area contributed by atoms with E-state index in [1.807, 2.05) is 37.3 Å². The van der Waals surface area contributed by atoms with Crippen LogP contribution in [0.25, 0.3) is 10.9 Å². The van der Waals surface area contributed by atoms with Crippen molar-refractivity contribution in [2.45, 2.75) is 18.2 Å². The molecule has 144 valence electrons. The molecule has 0 fully saturated rings. The number of nitrogens with zero attached hydrogens (tertiary/aromatic N) is 2. The fraction of sp³-hybridized carbons (Fsp3) is 0.190. The van der Waals surface area contributed by atoms with Gasteiger partial charge in [0.05, 0.1) is 24.1 Å². The molecule has 0 bridgehead atoms. The van der Waals surface area contributed by atoms with Gasteiger partial charge in [0.15, 0.2) is 0 Å². The van der Waals surface area contributed by atoms with Crippen molar-refractivity contribution in [3.05, 3.63) is 60.3 Å². The maximum absolute atomic E-state index is 12.1. The number of nitrogens with one attached hydrogen (secondary N) is 1. The number of aromatic nitrogens is 1. The number of aromatic hydroxyl groups is 1. The fourth-order valence-corrected chi connectivity index (χ4v) is 3.32. The summed E-state index contributed by atoms with van der Waals surface area (Å²) in [5.74, 6) is 0.614. The van der Waals surface area contributed by atoms with Crippen molar-refractivity contribution in [2.24, 2.45) is 5.10 Å². The minimum absolute atomic E-state index is 0.0443. The third-order valence-electron chi connectivity index (χ3n) is 3.82. The molecule has 0 saturated heterocycles. The molecule has 6 nitrogen and oxygen atoms in total. The number of phenols is 1. The van der Waals surface area contributed by atoms with Crippen LogP contribution in [0, 0.1) is 0 Å². The monoisotopic (exact) mass is 395 g/mol. The largest absolute Gasteiger partial charge is 0.507 e. The molecule has 1 aromatic heterocycles. The Kier molecular flexibility index (Phi) is 6.86. The summed E-state index contributed by atoms with van der Waals surface area (Å²) in [6.45, 7) is 2.60. The number of ether oxygens (including phenoxy) is 1. The molecule has 7 heteroatoms. The Bertz CT molecular complexity index is 986. The molecule has 0 aliphatic carbocycles. The minimum Gasteiger partial charge on any atom is -0.507 e. The van der Waals surface area contributed by atoms with Gasteiger partial charge >= 0.3 is 0 Å². The van der Waals surface area contributed by atoms with Crippen LogP contribution in [-0.2, 0) is 4.79 Å². The van der Waals surface area contributed by atoms with Crippen LogP contribution in [0.4, 0.5) is 0 Å². The fourth-order valence-electron chi connectivity index (χ4n) is 2.48. The second-order valence-corrected chi connectivity index (χ2v) is 7.00. The van der Waals surface area contributed by atoms with E-state index in [0.717, 1.165) is 22.2 Å². The molecular weight excluding hydrogens is 374 g/mol. The van der Waals surface area contributed by atoms with Gasteiger partial charge < -0.3 is 9.84 Å². The Hall–Kier alpha value is -3.06. The molecule has 0 aliphatic heterocycles. The molecule has 3 rings (SSSR count). The third-order valence-corrected chi connectivity index (χ3v) is 4.87. The van der Waals surface area contributed by atoms with Gasteiger partial charge in [0.25, 0.3) is 0 Å². The predicted molar refractivity (Wildman–Crippen MR) is 112 cm³/mol. The SMILES string of the molecule is CCCOc1ccc(/C=N/NC(=O)CSc2cccc3cccnc23)c(O)c1. The molecule has 0 saturated carbocycles. The van der Waals surface area contributed by atoms with E-state index in [0.29, 0.717) is 17.9 Å². The number of benzene rings is 2. The molecule has 0 radical (unpaired) electrons. The average Bonchev–Trinajstić information content (AvgIpc) is 2.72. The molecule has 1 amide bonds. The number of para-hydroxylation sites is 1. The zero-order chi connectivity index (χ0) is 19.8. The quantitative estimate of drug-likeness (QED) is 0.342. The summed E-state index contributed by atoms with van der Waals surface area (Å²) < 4.78 is 5.46. The van der Waals surface area contributed by atoms with Gasteiger partial charge in [-0.25, -0.2) is 5.43 Å². The van der Waals surface area contributed by atoms with Gasteiger partial charge in [-0.15, -0.1) is 11.8 Å². The number of pyridine rings is 1. The van der Waals surface area contributed by atoms with Crippen molar-refractivity contribution >= 4 is 34.8 Å². The first-order valence-corrected chi connectivity index (χ1v) is 9.90. The van der Waals surface area contributed by atoms with Crippen LogP contribution in [0.5, 0.6) is 11.5 Å². The van der Waals surface area contributed by atoms with E-state index < -0.39 is 0 Å². The summed E-state index contributed by atoms with van der Waals surface area (Å²) in [7, 11) is 0. The number of hydrogen-bond acceptors (Lipinski definition) is 6. The van der Waals surface area contributed by atoms with Crippen LogP contribution in [0.15, 0.2) is 64.7 Å². The molecule has 3 aromatic rings. The molecule has 1 heterocycles. The van der Waals surface area contributed by atoms with E-state index in [-0.39, 0.29) is 17.4 Å². The number of rotatable bonds is 8. The zero-order valence-electron chi connectivity index (χ0n) is 15.5. The van der Waals surface area contributed by atoms with Crippen LogP contribution in [0.1, 0.15) is 18.9 Å². The lowest BCUT2D eigenvalue weighted by Crippen LogP contribution is -2.19. The van der Waals surface area contributed by atoms with E-state index in [9.17, 15) is 9.90 Å². The number of carbonyl (C=O) groups excluding carboxylic acids is 1. The Morgan fingerprint density at radius 3 is 2.96 bits per heavy atom. The Morgan fingerprint density at radius 2 is 2.14 bits per heavy atom. The summed E-state index contributed by atoms with van der Waals surface area (Å²) in [4.78, 5) is 17.4. The van der Waals surface area contributed by atoms with Crippen molar-refractivity contribution in [1.82, 2.24) is 10.4 Å². The Morgan fingerprint density at radius 1 is 1.29 bits per heavy atom. The number of phenolic OH excluding ortho intramolecular Hbond substituents is 1. The zero-order valence-corrected chi connectivity index (χ0v) is 16.3. The second kappa shape index (κ2) is 9.75. The summed E-state index contributed by atoms with van der Waals surface area (Å²) in [6.07, 6.45) is 4.03. The highest BCUT2D eigenvalue weighted by Crippen LogP contribution is 2.26. The second-order valence-electron chi connectivity index (χ2n) is 5.98. The first-order chi connectivity index (χ1) is 13.7. The average molecular weight is 395 g/mol. The van der Waals surface area contributed by atoms with Crippen LogP contribution in [0.2, 0.25) is 0 Å². The smallest absolute Gasteiger partial charge is 0.250 e. The van der Waals surface area contributed by atoms with Crippen LogP contribution in [-0.4, -0.2) is 34.6 Å². The van der Waals surface area contributed by atoms with E-state index in [1.165, 1.54) is 24.0 Å². The van der Waals surface area contributed by atoms with E-state index >= 15 is 0 Å².